The molecule has 0 spiro atoms. The minimum atomic E-state index is -2.79. The third kappa shape index (κ3) is 3.62. The van der Waals surface area contributed by atoms with Crippen molar-refractivity contribution in [2.24, 2.45) is 0 Å². The molecule has 0 heterocycles. The van der Waals surface area contributed by atoms with Crippen molar-refractivity contribution >= 4 is 15.9 Å². The summed E-state index contributed by atoms with van der Waals surface area (Å²) >= 11 is 3.28. The fraction of sp³-hybridized carbons (Fsp3) is 0.400. The third-order valence-electron chi connectivity index (χ3n) is 1.62. The summed E-state index contributed by atoms with van der Waals surface area (Å²) in [6.07, 6.45) is 0. The molecule has 0 atom stereocenters. The van der Waals surface area contributed by atoms with Gasteiger partial charge in [-0.05, 0) is 30.7 Å². The molecule has 0 saturated carbocycles. The van der Waals surface area contributed by atoms with Crippen molar-refractivity contribution in [2.75, 3.05) is 6.61 Å². The highest BCUT2D eigenvalue weighted by Crippen LogP contribution is 2.23. The van der Waals surface area contributed by atoms with Crippen LogP contribution in [0.15, 0.2) is 22.7 Å². The summed E-state index contributed by atoms with van der Waals surface area (Å²) < 4.78 is 30.9. The lowest BCUT2D eigenvalue weighted by Crippen LogP contribution is -2.21. The van der Waals surface area contributed by atoms with Crippen LogP contribution in [-0.4, -0.2) is 12.5 Å². The van der Waals surface area contributed by atoms with Crippen LogP contribution >= 0.6 is 15.9 Å². The van der Waals surface area contributed by atoms with Crippen LogP contribution in [-0.2, 0) is 0 Å². The quantitative estimate of drug-likeness (QED) is 0.807. The van der Waals surface area contributed by atoms with Crippen LogP contribution in [0.5, 0.6) is 5.75 Å². The minimum absolute atomic E-state index is 0.495. The van der Waals surface area contributed by atoms with E-state index in [1.54, 1.807) is 12.1 Å². The van der Waals surface area contributed by atoms with Crippen LogP contribution in [0.2, 0.25) is 0 Å². The maximum Gasteiger partial charge on any atom is 0.278 e. The van der Waals surface area contributed by atoms with Crippen molar-refractivity contribution in [2.45, 2.75) is 19.8 Å². The van der Waals surface area contributed by atoms with Gasteiger partial charge in [-0.1, -0.05) is 15.9 Å². The largest absolute Gasteiger partial charge is 0.487 e. The Morgan fingerprint density at radius 2 is 2.07 bits per heavy atom. The molecule has 1 rings (SSSR count). The molecule has 0 unspecified atom stereocenters. The van der Waals surface area contributed by atoms with Crippen LogP contribution < -0.4 is 4.74 Å². The molecule has 0 radical (unpaired) electrons. The van der Waals surface area contributed by atoms with E-state index in [2.05, 4.69) is 15.9 Å². The standard InChI is InChI=1S/C10H11BrF2O/c1-7-5-8(11)3-4-9(7)14-6-10(2,12)13/h3-5H,6H2,1-2H3. The fourth-order valence-electron chi connectivity index (χ4n) is 0.979. The van der Waals surface area contributed by atoms with E-state index in [9.17, 15) is 8.78 Å². The van der Waals surface area contributed by atoms with E-state index in [0.717, 1.165) is 17.0 Å². The number of aryl methyl sites for hydroxylation is 1. The maximum atomic E-state index is 12.5. The van der Waals surface area contributed by atoms with Gasteiger partial charge in [-0.2, -0.15) is 0 Å². The van der Waals surface area contributed by atoms with E-state index in [1.165, 1.54) is 0 Å². The molecule has 0 aliphatic heterocycles. The Balaban J connectivity index is 2.68. The molecule has 78 valence electrons. The molecule has 0 bridgehead atoms. The van der Waals surface area contributed by atoms with Crippen LogP contribution in [0.4, 0.5) is 8.78 Å². The molecule has 1 aromatic carbocycles. The minimum Gasteiger partial charge on any atom is -0.487 e. The second-order valence-corrected chi connectivity index (χ2v) is 4.18. The average molecular weight is 265 g/mol. The zero-order chi connectivity index (χ0) is 10.8. The Morgan fingerprint density at radius 3 is 2.57 bits per heavy atom. The molecule has 0 aliphatic rings. The molecule has 0 aliphatic carbocycles. The predicted molar refractivity (Wildman–Crippen MR) is 55.0 cm³/mol. The van der Waals surface area contributed by atoms with Crippen LogP contribution in [0, 0.1) is 6.92 Å². The number of halogens is 3. The van der Waals surface area contributed by atoms with E-state index in [-0.39, 0.29) is 0 Å². The van der Waals surface area contributed by atoms with Crippen LogP contribution in [0.3, 0.4) is 0 Å². The van der Waals surface area contributed by atoms with E-state index in [1.807, 2.05) is 13.0 Å². The van der Waals surface area contributed by atoms with Crippen LogP contribution in [0.25, 0.3) is 0 Å². The van der Waals surface area contributed by atoms with Gasteiger partial charge in [-0.15, -0.1) is 0 Å². The molecule has 0 amide bonds. The second-order valence-electron chi connectivity index (χ2n) is 3.27. The second kappa shape index (κ2) is 4.26. The van der Waals surface area contributed by atoms with Gasteiger partial charge in [0, 0.05) is 11.4 Å². The molecule has 1 aromatic rings. The molecule has 14 heavy (non-hydrogen) atoms. The van der Waals surface area contributed by atoms with Gasteiger partial charge < -0.3 is 4.74 Å². The highest BCUT2D eigenvalue weighted by molar-refractivity contribution is 9.10. The smallest absolute Gasteiger partial charge is 0.278 e. The highest BCUT2D eigenvalue weighted by atomic mass is 79.9. The van der Waals surface area contributed by atoms with E-state index in [4.69, 9.17) is 4.74 Å². The SMILES string of the molecule is Cc1cc(Br)ccc1OCC(C)(F)F. The van der Waals surface area contributed by atoms with E-state index < -0.39 is 12.5 Å². The molecular weight excluding hydrogens is 254 g/mol. The number of hydrogen-bond donors (Lipinski definition) is 0. The van der Waals surface area contributed by atoms with Crippen molar-refractivity contribution in [1.29, 1.82) is 0 Å². The Labute approximate surface area is 90.2 Å². The molecular formula is C10H11BrF2O. The Hall–Kier alpha value is -0.640. The molecule has 0 N–H and O–H groups in total. The lowest BCUT2D eigenvalue weighted by Gasteiger charge is -2.13. The summed E-state index contributed by atoms with van der Waals surface area (Å²) in [4.78, 5) is 0. The first kappa shape index (κ1) is 11.4. The lowest BCUT2D eigenvalue weighted by atomic mass is 10.2. The van der Waals surface area contributed by atoms with Crippen molar-refractivity contribution < 1.29 is 13.5 Å². The third-order valence-corrected chi connectivity index (χ3v) is 2.11. The van der Waals surface area contributed by atoms with Gasteiger partial charge in [-0.3, -0.25) is 0 Å². The number of alkyl halides is 2. The fourth-order valence-corrected chi connectivity index (χ4v) is 1.45. The Bertz CT molecular complexity index is 320. The van der Waals surface area contributed by atoms with E-state index >= 15 is 0 Å². The van der Waals surface area contributed by atoms with Crippen molar-refractivity contribution in [3.8, 4) is 5.75 Å². The summed E-state index contributed by atoms with van der Waals surface area (Å²) in [6, 6.07) is 5.25. The molecule has 1 nitrogen and oxygen atoms in total. The number of benzene rings is 1. The van der Waals surface area contributed by atoms with Gasteiger partial charge in [0.1, 0.15) is 5.75 Å². The first-order chi connectivity index (χ1) is 6.38. The average Bonchev–Trinajstić information content (AvgIpc) is 2.00. The highest BCUT2D eigenvalue weighted by Gasteiger charge is 2.22. The zero-order valence-electron chi connectivity index (χ0n) is 7.98. The molecule has 0 fully saturated rings. The van der Waals surface area contributed by atoms with Crippen LogP contribution in [0.1, 0.15) is 12.5 Å². The first-order valence-electron chi connectivity index (χ1n) is 4.15. The monoisotopic (exact) mass is 264 g/mol. The summed E-state index contributed by atoms with van der Waals surface area (Å²) in [5.74, 6) is -2.30. The topological polar surface area (TPSA) is 9.23 Å². The molecule has 4 heteroatoms. The lowest BCUT2D eigenvalue weighted by molar-refractivity contribution is -0.0231. The van der Waals surface area contributed by atoms with Gasteiger partial charge in [0.2, 0.25) is 0 Å². The van der Waals surface area contributed by atoms with Gasteiger partial charge in [0.15, 0.2) is 6.61 Å². The van der Waals surface area contributed by atoms with Gasteiger partial charge >= 0.3 is 0 Å². The van der Waals surface area contributed by atoms with Crippen molar-refractivity contribution in [3.05, 3.63) is 28.2 Å². The molecule has 0 aromatic heterocycles. The summed E-state index contributed by atoms with van der Waals surface area (Å²) in [5, 5.41) is 0. The summed E-state index contributed by atoms with van der Waals surface area (Å²) in [7, 11) is 0. The Kier molecular flexibility index (Phi) is 3.48. The van der Waals surface area contributed by atoms with Crippen molar-refractivity contribution in [3.63, 3.8) is 0 Å². The van der Waals surface area contributed by atoms with Gasteiger partial charge in [-0.25, -0.2) is 8.78 Å². The van der Waals surface area contributed by atoms with E-state index in [0.29, 0.717) is 5.75 Å². The first-order valence-corrected chi connectivity index (χ1v) is 4.94. The predicted octanol–water partition coefficient (Wildman–Crippen LogP) is 3.79. The summed E-state index contributed by atoms with van der Waals surface area (Å²) in [6.45, 7) is 2.06. The maximum absolute atomic E-state index is 12.5. The Morgan fingerprint density at radius 1 is 1.43 bits per heavy atom. The number of rotatable bonds is 3. The zero-order valence-corrected chi connectivity index (χ0v) is 9.57. The number of hydrogen-bond acceptors (Lipinski definition) is 1. The van der Waals surface area contributed by atoms with Gasteiger partial charge in [0.05, 0.1) is 0 Å². The van der Waals surface area contributed by atoms with Crippen molar-refractivity contribution in [1.82, 2.24) is 0 Å². The summed E-state index contributed by atoms with van der Waals surface area (Å²) in [5.41, 5.74) is 0.837. The number of ether oxygens (including phenoxy) is 1. The normalized spacial score (nSPS) is 11.5. The van der Waals surface area contributed by atoms with Gasteiger partial charge in [0.25, 0.3) is 5.92 Å². The molecule has 0 saturated heterocycles.